The Labute approximate surface area is 154 Å². The van der Waals surface area contributed by atoms with E-state index in [1.54, 1.807) is 0 Å². The maximum atomic E-state index is 10.4. The van der Waals surface area contributed by atoms with Gasteiger partial charge < -0.3 is 10.1 Å². The molecule has 0 spiro atoms. The molecular weight excluding hydrogens is 322 g/mol. The molecule has 134 valence electrons. The Hall–Kier alpha value is -2.43. The van der Waals surface area contributed by atoms with Crippen molar-refractivity contribution in [2.45, 2.75) is 25.4 Å². The minimum Gasteiger partial charge on any atom is -0.392 e. The molecule has 0 fully saturated rings. The Morgan fingerprint density at radius 3 is 2.85 bits per heavy atom. The number of fused-ring (bicyclic) bond motifs is 1. The first-order chi connectivity index (χ1) is 12.8. The van der Waals surface area contributed by atoms with Crippen molar-refractivity contribution in [1.82, 2.24) is 14.9 Å². The molecule has 1 aliphatic heterocycles. The molecule has 0 radical (unpaired) electrons. The molecule has 1 atom stereocenters. The van der Waals surface area contributed by atoms with E-state index in [2.05, 4.69) is 57.5 Å². The number of hydrogen-bond donors (Lipinski definition) is 2. The molecule has 3 heterocycles. The van der Waals surface area contributed by atoms with E-state index in [0.717, 1.165) is 44.5 Å². The number of H-pyrrole nitrogens is 1. The van der Waals surface area contributed by atoms with Gasteiger partial charge in [-0.05, 0) is 42.5 Å². The van der Waals surface area contributed by atoms with E-state index < -0.39 is 0 Å². The fourth-order valence-electron chi connectivity index (χ4n) is 3.71. The van der Waals surface area contributed by atoms with Gasteiger partial charge >= 0.3 is 0 Å². The van der Waals surface area contributed by atoms with E-state index in [0.29, 0.717) is 0 Å². The maximum Gasteiger partial charge on any atom is 0.137 e. The standard InChI is InChI=1S/C22H25N3O/c26-19(9-8-17-5-2-1-3-6-17)16-25-13-10-18(11-14-25)21-15-24-22-20(21)7-4-12-23-22/h1-7,10,12,15,19,26H,8-9,11,13-14,16H2,(H,23,24). The van der Waals surface area contributed by atoms with E-state index in [1.807, 2.05) is 18.3 Å². The quantitative estimate of drug-likeness (QED) is 0.716. The summed E-state index contributed by atoms with van der Waals surface area (Å²) in [5.41, 5.74) is 4.87. The summed E-state index contributed by atoms with van der Waals surface area (Å²) < 4.78 is 0. The summed E-state index contributed by atoms with van der Waals surface area (Å²) in [6, 6.07) is 14.5. The third-order valence-corrected chi connectivity index (χ3v) is 5.17. The monoisotopic (exact) mass is 347 g/mol. The fraction of sp³-hybridized carbons (Fsp3) is 0.318. The van der Waals surface area contributed by atoms with Gasteiger partial charge in [0.15, 0.2) is 0 Å². The van der Waals surface area contributed by atoms with Crippen molar-refractivity contribution in [2.75, 3.05) is 19.6 Å². The van der Waals surface area contributed by atoms with Crippen LogP contribution in [0.2, 0.25) is 0 Å². The zero-order valence-electron chi connectivity index (χ0n) is 14.9. The molecule has 0 saturated heterocycles. The molecule has 26 heavy (non-hydrogen) atoms. The average molecular weight is 347 g/mol. The summed E-state index contributed by atoms with van der Waals surface area (Å²) in [6.07, 6.45) is 8.65. The van der Waals surface area contributed by atoms with Gasteiger partial charge in [0.1, 0.15) is 5.65 Å². The van der Waals surface area contributed by atoms with Crippen LogP contribution >= 0.6 is 0 Å². The number of rotatable bonds is 6. The number of β-amino-alcohol motifs (C(OH)–C–C–N with tert-alkyl or cyclic N) is 1. The number of aromatic nitrogens is 2. The normalized spacial score (nSPS) is 16.6. The second-order valence-corrected chi connectivity index (χ2v) is 7.02. The van der Waals surface area contributed by atoms with E-state index in [4.69, 9.17) is 0 Å². The molecule has 0 aliphatic carbocycles. The summed E-state index contributed by atoms with van der Waals surface area (Å²) in [5.74, 6) is 0. The van der Waals surface area contributed by atoms with Gasteiger partial charge in [0.25, 0.3) is 0 Å². The first-order valence-electron chi connectivity index (χ1n) is 9.35. The minimum atomic E-state index is -0.276. The van der Waals surface area contributed by atoms with Crippen LogP contribution in [0.5, 0.6) is 0 Å². The number of hydrogen-bond acceptors (Lipinski definition) is 3. The number of nitrogens with one attached hydrogen (secondary N) is 1. The van der Waals surface area contributed by atoms with Crippen LogP contribution in [-0.4, -0.2) is 45.7 Å². The van der Waals surface area contributed by atoms with Gasteiger partial charge in [-0.2, -0.15) is 0 Å². The molecule has 0 amide bonds. The second-order valence-electron chi connectivity index (χ2n) is 7.02. The lowest BCUT2D eigenvalue weighted by Crippen LogP contribution is -2.35. The highest BCUT2D eigenvalue weighted by atomic mass is 16.3. The highest BCUT2D eigenvalue weighted by Crippen LogP contribution is 2.28. The van der Waals surface area contributed by atoms with Crippen molar-refractivity contribution in [1.29, 1.82) is 0 Å². The van der Waals surface area contributed by atoms with Gasteiger partial charge in [-0.25, -0.2) is 4.98 Å². The average Bonchev–Trinajstić information content (AvgIpc) is 3.12. The molecule has 4 nitrogen and oxygen atoms in total. The van der Waals surface area contributed by atoms with Gasteiger partial charge in [0.05, 0.1) is 6.10 Å². The number of nitrogens with zero attached hydrogens (tertiary/aromatic N) is 2. The molecule has 2 N–H and O–H groups in total. The van der Waals surface area contributed by atoms with Crippen LogP contribution in [0.3, 0.4) is 0 Å². The highest BCUT2D eigenvalue weighted by Gasteiger charge is 2.18. The molecule has 4 rings (SSSR count). The lowest BCUT2D eigenvalue weighted by molar-refractivity contribution is 0.111. The summed E-state index contributed by atoms with van der Waals surface area (Å²) in [5, 5.41) is 11.6. The number of aliphatic hydroxyl groups excluding tert-OH is 1. The maximum absolute atomic E-state index is 10.4. The molecule has 3 aromatic rings. The predicted octanol–water partition coefficient (Wildman–Crippen LogP) is 3.65. The lowest BCUT2D eigenvalue weighted by atomic mass is 9.99. The van der Waals surface area contributed by atoms with Crippen LogP contribution in [0.1, 0.15) is 24.0 Å². The van der Waals surface area contributed by atoms with Gasteiger partial charge in [-0.15, -0.1) is 0 Å². The van der Waals surface area contributed by atoms with Crippen LogP contribution < -0.4 is 0 Å². The van der Waals surface area contributed by atoms with Crippen LogP contribution in [0, 0.1) is 0 Å². The van der Waals surface area contributed by atoms with E-state index in [9.17, 15) is 5.11 Å². The van der Waals surface area contributed by atoms with Crippen molar-refractivity contribution in [2.24, 2.45) is 0 Å². The van der Waals surface area contributed by atoms with Gasteiger partial charge in [-0.1, -0.05) is 36.4 Å². The van der Waals surface area contributed by atoms with Crippen molar-refractivity contribution >= 4 is 16.6 Å². The third kappa shape index (κ3) is 3.87. The molecule has 1 aromatic carbocycles. The third-order valence-electron chi connectivity index (χ3n) is 5.17. The first kappa shape index (κ1) is 17.0. The van der Waals surface area contributed by atoms with Crippen molar-refractivity contribution in [3.63, 3.8) is 0 Å². The van der Waals surface area contributed by atoms with Crippen LogP contribution in [0.4, 0.5) is 0 Å². The zero-order valence-corrected chi connectivity index (χ0v) is 14.9. The van der Waals surface area contributed by atoms with Crippen LogP contribution in [0.25, 0.3) is 16.6 Å². The van der Waals surface area contributed by atoms with E-state index >= 15 is 0 Å². The van der Waals surface area contributed by atoms with Crippen molar-refractivity contribution < 1.29 is 5.11 Å². The van der Waals surface area contributed by atoms with Gasteiger partial charge in [0, 0.05) is 43.0 Å². The zero-order chi connectivity index (χ0) is 17.8. The van der Waals surface area contributed by atoms with Crippen molar-refractivity contribution in [3.05, 3.63) is 72.1 Å². The molecule has 0 saturated carbocycles. The Balaban J connectivity index is 1.32. The molecule has 0 bridgehead atoms. The number of pyridine rings is 1. The first-order valence-corrected chi connectivity index (χ1v) is 9.35. The summed E-state index contributed by atoms with van der Waals surface area (Å²) in [6.45, 7) is 2.62. The Morgan fingerprint density at radius 1 is 1.15 bits per heavy atom. The smallest absolute Gasteiger partial charge is 0.137 e. The molecule has 2 aromatic heterocycles. The molecular formula is C22H25N3O. The van der Waals surface area contributed by atoms with Gasteiger partial charge in [0.2, 0.25) is 0 Å². The topological polar surface area (TPSA) is 52.1 Å². The van der Waals surface area contributed by atoms with E-state index in [1.165, 1.54) is 22.1 Å². The van der Waals surface area contributed by atoms with Crippen LogP contribution in [0.15, 0.2) is 60.9 Å². The predicted molar refractivity (Wildman–Crippen MR) is 106 cm³/mol. The summed E-state index contributed by atoms with van der Waals surface area (Å²) in [7, 11) is 0. The largest absolute Gasteiger partial charge is 0.392 e. The second kappa shape index (κ2) is 7.85. The number of aliphatic hydroxyl groups is 1. The number of aryl methyl sites for hydroxylation is 1. The molecule has 1 aliphatic rings. The Kier molecular flexibility index (Phi) is 5.14. The van der Waals surface area contributed by atoms with Gasteiger partial charge in [-0.3, -0.25) is 4.90 Å². The molecule has 1 unspecified atom stereocenters. The Morgan fingerprint density at radius 2 is 2.04 bits per heavy atom. The fourth-order valence-corrected chi connectivity index (χ4v) is 3.71. The summed E-state index contributed by atoms with van der Waals surface area (Å²) in [4.78, 5) is 9.97. The summed E-state index contributed by atoms with van der Waals surface area (Å²) >= 11 is 0. The lowest BCUT2D eigenvalue weighted by Gasteiger charge is -2.28. The Bertz CT molecular complexity index is 885. The molecule has 4 heteroatoms. The highest BCUT2D eigenvalue weighted by molar-refractivity contribution is 5.90. The SMILES string of the molecule is OC(CCc1ccccc1)CN1CC=C(c2c[nH]c3ncccc23)CC1. The van der Waals surface area contributed by atoms with Crippen LogP contribution in [-0.2, 0) is 6.42 Å². The minimum absolute atomic E-state index is 0.276. The number of benzene rings is 1. The number of aromatic amines is 1. The van der Waals surface area contributed by atoms with E-state index in [-0.39, 0.29) is 6.10 Å². The van der Waals surface area contributed by atoms with Crippen molar-refractivity contribution in [3.8, 4) is 0 Å².